The minimum Gasteiger partial charge on any atom is -0.487 e. The number of halogens is 4. The molecule has 10 heteroatoms. The van der Waals surface area contributed by atoms with Crippen LogP contribution in [0.5, 0.6) is 5.75 Å². The topological polar surface area (TPSA) is 72.5 Å². The van der Waals surface area contributed by atoms with Crippen LogP contribution in [0.2, 0.25) is 5.02 Å². The van der Waals surface area contributed by atoms with Crippen LogP contribution < -0.4 is 9.46 Å². The summed E-state index contributed by atoms with van der Waals surface area (Å²) >= 11 is 5.79. The lowest BCUT2D eigenvalue weighted by molar-refractivity contribution is -0.137. The van der Waals surface area contributed by atoms with E-state index in [0.717, 1.165) is 25.1 Å². The molecule has 1 amide bonds. The smallest absolute Gasteiger partial charge is 0.416 e. The van der Waals surface area contributed by atoms with Gasteiger partial charge in [0.1, 0.15) is 12.4 Å². The summed E-state index contributed by atoms with van der Waals surface area (Å²) in [4.78, 5) is 10.8. The molecule has 2 aromatic rings. The highest BCUT2D eigenvalue weighted by Gasteiger charge is 2.31. The Labute approximate surface area is 152 Å². The molecule has 2 aromatic carbocycles. The van der Waals surface area contributed by atoms with Gasteiger partial charge in [-0.25, -0.2) is 13.1 Å². The van der Waals surface area contributed by atoms with Crippen molar-refractivity contribution in [3.05, 3.63) is 58.6 Å². The Kier molecular flexibility index (Phi) is 5.82. The molecule has 0 spiro atoms. The molecule has 0 aromatic heterocycles. The molecule has 0 bridgehead atoms. The van der Waals surface area contributed by atoms with E-state index in [1.807, 2.05) is 4.72 Å². The van der Waals surface area contributed by atoms with Gasteiger partial charge in [-0.15, -0.1) is 0 Å². The van der Waals surface area contributed by atoms with Gasteiger partial charge in [0.2, 0.25) is 5.91 Å². The Morgan fingerprint density at radius 1 is 1.19 bits per heavy atom. The summed E-state index contributed by atoms with van der Waals surface area (Å²) < 4.78 is 68.9. The van der Waals surface area contributed by atoms with Crippen LogP contribution in [0.25, 0.3) is 0 Å². The van der Waals surface area contributed by atoms with Gasteiger partial charge in [-0.3, -0.25) is 4.79 Å². The largest absolute Gasteiger partial charge is 0.487 e. The number of alkyl halides is 3. The van der Waals surface area contributed by atoms with Crippen LogP contribution in [-0.2, 0) is 27.6 Å². The first-order chi connectivity index (χ1) is 12.0. The fourth-order valence-electron chi connectivity index (χ4n) is 2.01. The molecular weight excluding hydrogens is 395 g/mol. The van der Waals surface area contributed by atoms with Gasteiger partial charge >= 0.3 is 6.18 Å². The first kappa shape index (κ1) is 20.1. The van der Waals surface area contributed by atoms with Gasteiger partial charge < -0.3 is 4.74 Å². The Bertz CT molecular complexity index is 929. The third-order valence-corrected chi connectivity index (χ3v) is 4.87. The van der Waals surface area contributed by atoms with Crippen molar-refractivity contribution in [3.8, 4) is 5.75 Å². The average Bonchev–Trinajstić information content (AvgIpc) is 2.52. The maximum absolute atomic E-state index is 12.6. The maximum Gasteiger partial charge on any atom is 0.416 e. The standard InChI is InChI=1S/C16H13ClF3NO4S/c1-10(22)21-26(23,24)13-4-2-3-11(7-13)9-25-15-6-5-12(8-14(15)17)16(18,19)20/h2-8H,9H2,1H3,(H,21,22). The molecule has 0 unspecified atom stereocenters. The number of ether oxygens (including phenoxy) is 1. The van der Waals surface area contributed by atoms with Crippen LogP contribution in [0.1, 0.15) is 18.1 Å². The van der Waals surface area contributed by atoms with Crippen molar-refractivity contribution in [2.24, 2.45) is 0 Å². The van der Waals surface area contributed by atoms with Crippen molar-refractivity contribution in [2.45, 2.75) is 24.6 Å². The number of rotatable bonds is 5. The monoisotopic (exact) mass is 407 g/mol. The molecule has 140 valence electrons. The van der Waals surface area contributed by atoms with E-state index in [2.05, 4.69) is 0 Å². The highest BCUT2D eigenvalue weighted by atomic mass is 35.5. The molecule has 26 heavy (non-hydrogen) atoms. The molecule has 0 aliphatic rings. The van der Waals surface area contributed by atoms with Gasteiger partial charge in [0.05, 0.1) is 15.5 Å². The lowest BCUT2D eigenvalue weighted by atomic mass is 10.2. The van der Waals surface area contributed by atoms with Gasteiger partial charge in [0.15, 0.2) is 0 Å². The normalized spacial score (nSPS) is 11.9. The van der Waals surface area contributed by atoms with Crippen molar-refractivity contribution < 1.29 is 31.1 Å². The molecule has 0 aliphatic heterocycles. The van der Waals surface area contributed by atoms with Crippen LogP contribution in [-0.4, -0.2) is 14.3 Å². The van der Waals surface area contributed by atoms with Crippen LogP contribution in [0.15, 0.2) is 47.4 Å². The molecule has 5 nitrogen and oxygen atoms in total. The molecule has 0 atom stereocenters. The van der Waals surface area contributed by atoms with Crippen LogP contribution in [0.4, 0.5) is 13.2 Å². The first-order valence-electron chi connectivity index (χ1n) is 7.11. The van der Waals surface area contributed by atoms with Crippen molar-refractivity contribution in [3.63, 3.8) is 0 Å². The fraction of sp³-hybridized carbons (Fsp3) is 0.188. The van der Waals surface area contributed by atoms with Crippen molar-refractivity contribution in [2.75, 3.05) is 0 Å². The maximum atomic E-state index is 12.6. The quantitative estimate of drug-likeness (QED) is 0.819. The van der Waals surface area contributed by atoms with E-state index in [1.165, 1.54) is 18.2 Å². The fourth-order valence-corrected chi connectivity index (χ4v) is 3.30. The molecule has 0 fully saturated rings. The molecule has 0 saturated heterocycles. The minimum absolute atomic E-state index is 0.0230. The molecule has 0 radical (unpaired) electrons. The lowest BCUT2D eigenvalue weighted by Crippen LogP contribution is -2.28. The van der Waals surface area contributed by atoms with E-state index in [0.29, 0.717) is 5.56 Å². The summed E-state index contributed by atoms with van der Waals surface area (Å²) in [5.74, 6) is -0.710. The Morgan fingerprint density at radius 2 is 1.88 bits per heavy atom. The first-order valence-corrected chi connectivity index (χ1v) is 8.97. The second-order valence-electron chi connectivity index (χ2n) is 5.24. The van der Waals surface area contributed by atoms with E-state index in [1.54, 1.807) is 6.07 Å². The van der Waals surface area contributed by atoms with Crippen molar-refractivity contribution >= 4 is 27.5 Å². The third-order valence-electron chi connectivity index (χ3n) is 3.14. The molecule has 0 saturated carbocycles. The van der Waals surface area contributed by atoms with Gasteiger partial charge in [-0.2, -0.15) is 13.2 Å². The second kappa shape index (κ2) is 7.55. The summed E-state index contributed by atoms with van der Waals surface area (Å²) in [5.41, 5.74) is -0.481. The number of carbonyl (C=O) groups excluding carboxylic acids is 1. The predicted molar refractivity (Wildman–Crippen MR) is 88.2 cm³/mol. The number of hydrogen-bond donors (Lipinski definition) is 1. The number of amides is 1. The van der Waals surface area contributed by atoms with E-state index >= 15 is 0 Å². The van der Waals surface area contributed by atoms with E-state index in [4.69, 9.17) is 16.3 Å². The van der Waals surface area contributed by atoms with Gasteiger partial charge in [0.25, 0.3) is 10.0 Å². The lowest BCUT2D eigenvalue weighted by Gasteiger charge is -2.12. The average molecular weight is 408 g/mol. The SMILES string of the molecule is CC(=O)NS(=O)(=O)c1cccc(COc2ccc(C(F)(F)F)cc2Cl)c1. The third kappa shape index (κ3) is 5.12. The summed E-state index contributed by atoms with van der Waals surface area (Å²) in [6.45, 7) is 0.936. The summed E-state index contributed by atoms with van der Waals surface area (Å²) in [6.07, 6.45) is -4.52. The zero-order chi connectivity index (χ0) is 19.5. The van der Waals surface area contributed by atoms with E-state index in [9.17, 15) is 26.4 Å². The second-order valence-corrected chi connectivity index (χ2v) is 7.33. The van der Waals surface area contributed by atoms with Crippen molar-refractivity contribution in [1.29, 1.82) is 0 Å². The van der Waals surface area contributed by atoms with Gasteiger partial charge in [-0.1, -0.05) is 23.7 Å². The number of hydrogen-bond acceptors (Lipinski definition) is 4. The minimum atomic E-state index is -4.52. The van der Waals surface area contributed by atoms with Gasteiger partial charge in [0, 0.05) is 6.92 Å². The van der Waals surface area contributed by atoms with E-state index in [-0.39, 0.29) is 22.3 Å². The number of nitrogens with one attached hydrogen (secondary N) is 1. The van der Waals surface area contributed by atoms with Crippen LogP contribution in [0, 0.1) is 0 Å². The molecule has 1 N–H and O–H groups in total. The Morgan fingerprint density at radius 3 is 2.46 bits per heavy atom. The number of benzene rings is 2. The highest BCUT2D eigenvalue weighted by molar-refractivity contribution is 7.90. The zero-order valence-corrected chi connectivity index (χ0v) is 14.9. The van der Waals surface area contributed by atoms with Crippen LogP contribution >= 0.6 is 11.6 Å². The molecule has 0 aliphatic carbocycles. The van der Waals surface area contributed by atoms with Gasteiger partial charge in [-0.05, 0) is 35.9 Å². The predicted octanol–water partition coefficient (Wildman–Crippen LogP) is 3.76. The highest BCUT2D eigenvalue weighted by Crippen LogP contribution is 2.34. The van der Waals surface area contributed by atoms with Crippen molar-refractivity contribution in [1.82, 2.24) is 4.72 Å². The Hall–Kier alpha value is -2.26. The summed E-state index contributed by atoms with van der Waals surface area (Å²) in [5, 5.41) is -0.221. The Balaban J connectivity index is 2.16. The number of carbonyl (C=O) groups is 1. The molecule has 0 heterocycles. The van der Waals surface area contributed by atoms with Crippen LogP contribution in [0.3, 0.4) is 0 Å². The summed E-state index contributed by atoms with van der Waals surface area (Å²) in [6, 6.07) is 8.24. The molecule has 2 rings (SSSR count). The number of sulfonamides is 1. The summed E-state index contributed by atoms with van der Waals surface area (Å²) in [7, 11) is -4.00. The zero-order valence-electron chi connectivity index (χ0n) is 13.3. The van der Waals surface area contributed by atoms with E-state index < -0.39 is 27.7 Å². The molecular formula is C16H13ClF3NO4S.